The molecular weight excluding hydrogens is 322 g/mol. The van der Waals surface area contributed by atoms with Crippen molar-refractivity contribution < 1.29 is 19.1 Å². The van der Waals surface area contributed by atoms with Gasteiger partial charge in [0, 0.05) is 32.1 Å². The van der Waals surface area contributed by atoms with Gasteiger partial charge in [-0.3, -0.25) is 9.59 Å². The summed E-state index contributed by atoms with van der Waals surface area (Å²) < 4.78 is 4.52. The Morgan fingerprint density at radius 3 is 2.44 bits per heavy atom. The van der Waals surface area contributed by atoms with Gasteiger partial charge in [-0.15, -0.1) is 0 Å². The van der Waals surface area contributed by atoms with Crippen LogP contribution < -0.4 is 10.6 Å². The fourth-order valence-corrected chi connectivity index (χ4v) is 2.73. The second-order valence-corrected chi connectivity index (χ2v) is 6.05. The number of hydrogen-bond donors (Lipinski definition) is 2. The molecule has 3 amide bonds. The maximum atomic E-state index is 12.2. The molecule has 1 fully saturated rings. The van der Waals surface area contributed by atoms with Crippen molar-refractivity contribution in [1.82, 2.24) is 15.5 Å². The van der Waals surface area contributed by atoms with Gasteiger partial charge >= 0.3 is 12.0 Å². The summed E-state index contributed by atoms with van der Waals surface area (Å²) >= 11 is 0. The van der Waals surface area contributed by atoms with Crippen molar-refractivity contribution in [3.8, 4) is 0 Å². The molecule has 0 radical (unpaired) electrons. The van der Waals surface area contributed by atoms with E-state index >= 15 is 0 Å². The van der Waals surface area contributed by atoms with Gasteiger partial charge in [-0.2, -0.15) is 0 Å². The van der Waals surface area contributed by atoms with Crippen LogP contribution >= 0.6 is 0 Å². The van der Waals surface area contributed by atoms with Crippen LogP contribution in [0.3, 0.4) is 0 Å². The lowest BCUT2D eigenvalue weighted by Crippen LogP contribution is -2.49. The van der Waals surface area contributed by atoms with Gasteiger partial charge in [0.15, 0.2) is 0 Å². The summed E-state index contributed by atoms with van der Waals surface area (Å²) in [4.78, 5) is 36.8. The van der Waals surface area contributed by atoms with E-state index in [0.29, 0.717) is 32.5 Å². The normalized spacial score (nSPS) is 14.7. The molecule has 1 aromatic carbocycles. The van der Waals surface area contributed by atoms with Gasteiger partial charge in [-0.25, -0.2) is 4.79 Å². The molecule has 136 valence electrons. The summed E-state index contributed by atoms with van der Waals surface area (Å²) in [5, 5.41) is 5.82. The molecule has 0 atom stereocenters. The van der Waals surface area contributed by atoms with Crippen LogP contribution in [0.25, 0.3) is 0 Å². The first kappa shape index (κ1) is 18.8. The summed E-state index contributed by atoms with van der Waals surface area (Å²) in [6, 6.07) is 9.72. The lowest BCUT2D eigenvalue weighted by Gasteiger charge is -2.32. The smallest absolute Gasteiger partial charge is 0.317 e. The van der Waals surface area contributed by atoms with Gasteiger partial charge in [0.25, 0.3) is 0 Å². The highest BCUT2D eigenvalue weighted by atomic mass is 16.5. The standard InChI is InChI=1S/C18H25N3O4/c1-25-17(23)8-7-16(22)20-15-9-11-21(12-10-15)18(24)19-13-14-5-3-2-4-6-14/h2-6,15H,7-13H2,1H3,(H,19,24)(H,20,22). The van der Waals surface area contributed by atoms with Crippen molar-refractivity contribution in [2.75, 3.05) is 20.2 Å². The third-order valence-electron chi connectivity index (χ3n) is 4.22. The number of piperidine rings is 1. The fraction of sp³-hybridized carbons (Fsp3) is 0.500. The van der Waals surface area contributed by atoms with E-state index < -0.39 is 0 Å². The summed E-state index contributed by atoms with van der Waals surface area (Å²) in [6.07, 6.45) is 1.64. The largest absolute Gasteiger partial charge is 0.469 e. The van der Waals surface area contributed by atoms with Gasteiger partial charge in [0.2, 0.25) is 5.91 Å². The Labute approximate surface area is 147 Å². The lowest BCUT2D eigenvalue weighted by atomic mass is 10.0. The van der Waals surface area contributed by atoms with Crippen LogP contribution in [0.5, 0.6) is 0 Å². The van der Waals surface area contributed by atoms with Gasteiger partial charge in [0.05, 0.1) is 13.5 Å². The predicted molar refractivity (Wildman–Crippen MR) is 92.7 cm³/mol. The maximum absolute atomic E-state index is 12.2. The highest BCUT2D eigenvalue weighted by Gasteiger charge is 2.23. The molecule has 0 aromatic heterocycles. The van der Waals surface area contributed by atoms with Crippen molar-refractivity contribution in [1.29, 1.82) is 0 Å². The molecule has 0 bridgehead atoms. The van der Waals surface area contributed by atoms with Crippen LogP contribution in [-0.4, -0.2) is 49.0 Å². The number of esters is 1. The van der Waals surface area contributed by atoms with E-state index in [9.17, 15) is 14.4 Å². The van der Waals surface area contributed by atoms with Gasteiger partial charge in [-0.1, -0.05) is 30.3 Å². The highest BCUT2D eigenvalue weighted by Crippen LogP contribution is 2.11. The maximum Gasteiger partial charge on any atom is 0.317 e. The van der Waals surface area contributed by atoms with E-state index in [1.54, 1.807) is 4.90 Å². The van der Waals surface area contributed by atoms with E-state index in [-0.39, 0.29) is 36.8 Å². The topological polar surface area (TPSA) is 87.7 Å². The molecule has 0 aliphatic carbocycles. The van der Waals surface area contributed by atoms with Crippen LogP contribution in [-0.2, 0) is 20.9 Å². The number of urea groups is 1. The Hall–Kier alpha value is -2.57. The van der Waals surface area contributed by atoms with E-state index in [1.807, 2.05) is 30.3 Å². The van der Waals surface area contributed by atoms with Gasteiger partial charge in [-0.05, 0) is 18.4 Å². The minimum Gasteiger partial charge on any atom is -0.469 e. The Morgan fingerprint density at radius 1 is 1.12 bits per heavy atom. The molecule has 1 saturated heterocycles. The zero-order chi connectivity index (χ0) is 18.1. The number of methoxy groups -OCH3 is 1. The first-order chi connectivity index (χ1) is 12.1. The Morgan fingerprint density at radius 2 is 1.80 bits per heavy atom. The highest BCUT2D eigenvalue weighted by molar-refractivity contribution is 5.81. The average molecular weight is 347 g/mol. The fourth-order valence-electron chi connectivity index (χ4n) is 2.73. The molecule has 1 aliphatic rings. The molecule has 0 unspecified atom stereocenters. The van der Waals surface area contributed by atoms with E-state index in [0.717, 1.165) is 5.56 Å². The van der Waals surface area contributed by atoms with Crippen LogP contribution in [0.15, 0.2) is 30.3 Å². The second-order valence-electron chi connectivity index (χ2n) is 6.05. The first-order valence-electron chi connectivity index (χ1n) is 8.51. The van der Waals surface area contributed by atoms with Crippen molar-refractivity contribution in [2.45, 2.75) is 38.3 Å². The van der Waals surface area contributed by atoms with Crippen molar-refractivity contribution in [2.24, 2.45) is 0 Å². The molecule has 25 heavy (non-hydrogen) atoms. The number of benzene rings is 1. The minimum atomic E-state index is -0.389. The molecule has 7 nitrogen and oxygen atoms in total. The molecule has 2 rings (SSSR count). The zero-order valence-electron chi connectivity index (χ0n) is 14.5. The van der Waals surface area contributed by atoms with Crippen LogP contribution in [0.4, 0.5) is 4.79 Å². The number of carbonyl (C=O) groups is 3. The quantitative estimate of drug-likeness (QED) is 0.762. The summed E-state index contributed by atoms with van der Waals surface area (Å²) in [5.41, 5.74) is 1.06. The summed E-state index contributed by atoms with van der Waals surface area (Å²) in [7, 11) is 1.30. The predicted octanol–water partition coefficient (Wildman–Crippen LogP) is 1.43. The molecule has 2 N–H and O–H groups in total. The molecule has 0 saturated carbocycles. The Balaban J connectivity index is 1.66. The Bertz CT molecular complexity index is 583. The second kappa shape index (κ2) is 9.66. The number of nitrogens with one attached hydrogen (secondary N) is 2. The van der Waals surface area contributed by atoms with Crippen molar-refractivity contribution in [3.05, 3.63) is 35.9 Å². The van der Waals surface area contributed by atoms with Crippen LogP contribution in [0.2, 0.25) is 0 Å². The van der Waals surface area contributed by atoms with E-state index in [1.165, 1.54) is 7.11 Å². The van der Waals surface area contributed by atoms with Crippen LogP contribution in [0, 0.1) is 0 Å². The SMILES string of the molecule is COC(=O)CCC(=O)NC1CCN(C(=O)NCc2ccccc2)CC1. The lowest BCUT2D eigenvalue weighted by molar-refractivity contribution is -0.142. The van der Waals surface area contributed by atoms with E-state index in [4.69, 9.17) is 0 Å². The first-order valence-corrected chi connectivity index (χ1v) is 8.51. The van der Waals surface area contributed by atoms with Gasteiger partial charge in [0.1, 0.15) is 0 Å². The van der Waals surface area contributed by atoms with Crippen molar-refractivity contribution in [3.63, 3.8) is 0 Å². The van der Waals surface area contributed by atoms with Crippen molar-refractivity contribution >= 4 is 17.9 Å². The van der Waals surface area contributed by atoms with Crippen LogP contribution in [0.1, 0.15) is 31.2 Å². The van der Waals surface area contributed by atoms with E-state index in [2.05, 4.69) is 15.4 Å². The molecule has 0 spiro atoms. The number of amides is 3. The average Bonchev–Trinajstić information content (AvgIpc) is 2.65. The monoisotopic (exact) mass is 347 g/mol. The minimum absolute atomic E-state index is 0.0447. The third kappa shape index (κ3) is 6.45. The molecular formula is C18H25N3O4. The number of rotatable bonds is 6. The molecule has 1 aromatic rings. The summed E-state index contributed by atoms with van der Waals surface area (Å²) in [5.74, 6) is -0.544. The Kier molecular flexibility index (Phi) is 7.25. The zero-order valence-corrected chi connectivity index (χ0v) is 14.5. The number of carbonyl (C=O) groups excluding carboxylic acids is 3. The molecule has 1 heterocycles. The molecule has 1 aliphatic heterocycles. The summed E-state index contributed by atoms with van der Waals surface area (Å²) in [6.45, 7) is 1.70. The number of ether oxygens (including phenoxy) is 1. The number of likely N-dealkylation sites (tertiary alicyclic amines) is 1. The third-order valence-corrected chi connectivity index (χ3v) is 4.22. The van der Waals surface area contributed by atoms with Gasteiger partial charge < -0.3 is 20.3 Å². The number of hydrogen-bond acceptors (Lipinski definition) is 4. The number of nitrogens with zero attached hydrogens (tertiary/aromatic N) is 1. The molecule has 7 heteroatoms.